The number of carbonyl (C=O) groups is 2. The second-order valence-electron chi connectivity index (χ2n) is 7.87. The van der Waals surface area contributed by atoms with Crippen LogP contribution in [0, 0.1) is 0 Å². The van der Waals surface area contributed by atoms with Crippen LogP contribution >= 0.6 is 23.2 Å². The van der Waals surface area contributed by atoms with Crippen molar-refractivity contribution in [1.82, 2.24) is 10.2 Å². The fourth-order valence-corrected chi connectivity index (χ4v) is 4.39. The van der Waals surface area contributed by atoms with E-state index in [2.05, 4.69) is 5.32 Å². The lowest BCUT2D eigenvalue weighted by molar-refractivity contribution is -0.139. The van der Waals surface area contributed by atoms with Crippen LogP contribution in [0.4, 0.5) is 5.69 Å². The second kappa shape index (κ2) is 11.7. The summed E-state index contributed by atoms with van der Waals surface area (Å²) < 4.78 is 26.1. The molecule has 2 aromatic rings. The summed E-state index contributed by atoms with van der Waals surface area (Å²) >= 11 is 12.3. The molecule has 0 heterocycles. The number of amides is 2. The van der Waals surface area contributed by atoms with Crippen molar-refractivity contribution in [2.24, 2.45) is 0 Å². The van der Waals surface area contributed by atoms with Crippen LogP contribution in [0.3, 0.4) is 0 Å². The average molecular weight is 514 g/mol. The molecule has 7 nitrogen and oxygen atoms in total. The van der Waals surface area contributed by atoms with Crippen molar-refractivity contribution >= 4 is 50.7 Å². The van der Waals surface area contributed by atoms with Gasteiger partial charge >= 0.3 is 0 Å². The van der Waals surface area contributed by atoms with E-state index >= 15 is 0 Å². The highest BCUT2D eigenvalue weighted by Gasteiger charge is 2.31. The van der Waals surface area contributed by atoms with Crippen LogP contribution in [0.5, 0.6) is 0 Å². The number of halogens is 2. The van der Waals surface area contributed by atoms with Gasteiger partial charge in [0.15, 0.2) is 0 Å². The minimum Gasteiger partial charge on any atom is -0.352 e. The first-order valence-corrected chi connectivity index (χ1v) is 13.1. The summed E-state index contributed by atoms with van der Waals surface area (Å²) in [5, 5.41) is 3.29. The molecule has 0 aliphatic rings. The predicted octanol–water partition coefficient (Wildman–Crippen LogP) is 4.09. The summed E-state index contributed by atoms with van der Waals surface area (Å²) in [6.07, 6.45) is 1.72. The Bertz CT molecular complexity index is 1080. The Hall–Kier alpha value is -2.29. The lowest BCUT2D eigenvalue weighted by Crippen LogP contribution is -2.52. The summed E-state index contributed by atoms with van der Waals surface area (Å²) in [6.45, 7) is 5.04. The zero-order valence-electron chi connectivity index (χ0n) is 19.1. The molecule has 0 bridgehead atoms. The molecule has 2 amide bonds. The Balaban J connectivity index is 2.40. The van der Waals surface area contributed by atoms with E-state index in [0.717, 1.165) is 22.5 Å². The van der Waals surface area contributed by atoms with Gasteiger partial charge in [0.25, 0.3) is 0 Å². The molecule has 0 aliphatic carbocycles. The lowest BCUT2D eigenvalue weighted by atomic mass is 10.1. The van der Waals surface area contributed by atoms with Crippen LogP contribution in [-0.4, -0.2) is 50.0 Å². The van der Waals surface area contributed by atoms with E-state index in [0.29, 0.717) is 0 Å². The number of rotatable bonds is 10. The van der Waals surface area contributed by atoms with Gasteiger partial charge in [-0.05, 0) is 44.0 Å². The molecule has 180 valence electrons. The zero-order chi connectivity index (χ0) is 24.8. The Kier molecular flexibility index (Phi) is 9.57. The van der Waals surface area contributed by atoms with Crippen molar-refractivity contribution in [1.29, 1.82) is 0 Å². The molecule has 0 spiro atoms. The summed E-state index contributed by atoms with van der Waals surface area (Å²) in [5.41, 5.74) is 0.900. The molecule has 2 rings (SSSR count). The van der Waals surface area contributed by atoms with Gasteiger partial charge in [-0.2, -0.15) is 0 Å². The van der Waals surface area contributed by atoms with Gasteiger partial charge < -0.3 is 10.2 Å². The number of carbonyl (C=O) groups excluding carboxylic acids is 2. The standard InChI is InChI=1S/C23H29Cl2N3O4S/c1-5-16(2)26-23(30)17(3)27(14-18-9-7-6-8-10-18)22(29)15-28(33(4,31)32)21-13-19(24)11-12-20(21)25/h6-13,16-17H,5,14-15H2,1-4H3,(H,26,30)/t16-,17+/m0/s1. The molecule has 1 N–H and O–H groups in total. The van der Waals surface area contributed by atoms with E-state index in [-0.39, 0.29) is 34.2 Å². The van der Waals surface area contributed by atoms with E-state index in [9.17, 15) is 18.0 Å². The van der Waals surface area contributed by atoms with Gasteiger partial charge in [0.05, 0.1) is 17.0 Å². The fourth-order valence-electron chi connectivity index (χ4n) is 3.10. The van der Waals surface area contributed by atoms with Crippen LogP contribution in [0.25, 0.3) is 0 Å². The first kappa shape index (κ1) is 27.0. The second-order valence-corrected chi connectivity index (χ2v) is 10.6. The number of sulfonamides is 1. The fraction of sp³-hybridized carbons (Fsp3) is 0.391. The topological polar surface area (TPSA) is 86.8 Å². The van der Waals surface area contributed by atoms with Crippen molar-refractivity contribution in [2.45, 2.75) is 45.8 Å². The van der Waals surface area contributed by atoms with Crippen molar-refractivity contribution in [3.63, 3.8) is 0 Å². The number of nitrogens with zero attached hydrogens (tertiary/aromatic N) is 2. The maximum absolute atomic E-state index is 13.4. The van der Waals surface area contributed by atoms with Crippen LogP contribution < -0.4 is 9.62 Å². The molecular weight excluding hydrogens is 485 g/mol. The Morgan fingerprint density at radius 1 is 1.06 bits per heavy atom. The molecule has 10 heteroatoms. The summed E-state index contributed by atoms with van der Waals surface area (Å²) in [6, 6.07) is 12.7. The highest BCUT2D eigenvalue weighted by Crippen LogP contribution is 2.30. The molecule has 0 fully saturated rings. The SMILES string of the molecule is CC[C@H](C)NC(=O)[C@@H](C)N(Cc1ccccc1)C(=O)CN(c1cc(Cl)ccc1Cl)S(C)(=O)=O. The Labute approximate surface area is 205 Å². The molecule has 33 heavy (non-hydrogen) atoms. The number of benzene rings is 2. The van der Waals surface area contributed by atoms with Gasteiger partial charge in [-0.25, -0.2) is 8.42 Å². The van der Waals surface area contributed by atoms with Crippen LogP contribution in [0.15, 0.2) is 48.5 Å². The summed E-state index contributed by atoms with van der Waals surface area (Å²) in [5.74, 6) is -0.868. The van der Waals surface area contributed by atoms with E-state index < -0.39 is 28.5 Å². The van der Waals surface area contributed by atoms with E-state index in [1.54, 1.807) is 6.92 Å². The lowest BCUT2D eigenvalue weighted by Gasteiger charge is -2.32. The first-order chi connectivity index (χ1) is 15.4. The van der Waals surface area contributed by atoms with Crippen LogP contribution in [-0.2, 0) is 26.2 Å². The van der Waals surface area contributed by atoms with Gasteiger partial charge in [-0.15, -0.1) is 0 Å². The van der Waals surface area contributed by atoms with Crippen molar-refractivity contribution in [3.05, 3.63) is 64.1 Å². The monoisotopic (exact) mass is 513 g/mol. The summed E-state index contributed by atoms with van der Waals surface area (Å²) in [4.78, 5) is 27.6. The average Bonchev–Trinajstić information content (AvgIpc) is 2.76. The number of anilines is 1. The van der Waals surface area contributed by atoms with Crippen molar-refractivity contribution < 1.29 is 18.0 Å². The molecular formula is C23H29Cl2N3O4S. The largest absolute Gasteiger partial charge is 0.352 e. The third kappa shape index (κ3) is 7.62. The maximum Gasteiger partial charge on any atom is 0.244 e. The predicted molar refractivity (Wildman–Crippen MR) is 133 cm³/mol. The smallest absolute Gasteiger partial charge is 0.244 e. The Morgan fingerprint density at radius 3 is 2.27 bits per heavy atom. The van der Waals surface area contributed by atoms with E-state index in [1.165, 1.54) is 23.1 Å². The maximum atomic E-state index is 13.4. The number of nitrogens with one attached hydrogen (secondary N) is 1. The van der Waals surface area contributed by atoms with Gasteiger partial charge in [0.1, 0.15) is 12.6 Å². The number of hydrogen-bond acceptors (Lipinski definition) is 4. The van der Waals surface area contributed by atoms with Gasteiger partial charge in [-0.1, -0.05) is 60.5 Å². The molecule has 2 aromatic carbocycles. The van der Waals surface area contributed by atoms with Gasteiger partial charge in [0, 0.05) is 17.6 Å². The van der Waals surface area contributed by atoms with E-state index in [4.69, 9.17) is 23.2 Å². The van der Waals surface area contributed by atoms with Gasteiger partial charge in [0.2, 0.25) is 21.8 Å². The Morgan fingerprint density at radius 2 is 1.70 bits per heavy atom. The zero-order valence-corrected chi connectivity index (χ0v) is 21.4. The van der Waals surface area contributed by atoms with Crippen LogP contribution in [0.2, 0.25) is 10.0 Å². The minimum absolute atomic E-state index is 0.0635. The third-order valence-corrected chi connectivity index (χ3v) is 6.90. The molecule has 2 atom stereocenters. The molecule has 0 aliphatic heterocycles. The van der Waals surface area contributed by atoms with Crippen molar-refractivity contribution in [2.75, 3.05) is 17.1 Å². The molecule has 0 saturated carbocycles. The van der Waals surface area contributed by atoms with Gasteiger partial charge in [-0.3, -0.25) is 13.9 Å². The molecule has 0 radical (unpaired) electrons. The quantitative estimate of drug-likeness (QED) is 0.518. The number of hydrogen-bond donors (Lipinski definition) is 1. The highest BCUT2D eigenvalue weighted by molar-refractivity contribution is 7.92. The molecule has 0 saturated heterocycles. The van der Waals surface area contributed by atoms with E-state index in [1.807, 2.05) is 44.2 Å². The first-order valence-electron chi connectivity index (χ1n) is 10.5. The molecule has 0 unspecified atom stereocenters. The summed E-state index contributed by atoms with van der Waals surface area (Å²) in [7, 11) is -3.89. The normalized spacial score (nSPS) is 13.2. The van der Waals surface area contributed by atoms with Crippen molar-refractivity contribution in [3.8, 4) is 0 Å². The minimum atomic E-state index is -3.89. The third-order valence-electron chi connectivity index (χ3n) is 5.22. The highest BCUT2D eigenvalue weighted by atomic mass is 35.5. The van der Waals surface area contributed by atoms with Crippen LogP contribution in [0.1, 0.15) is 32.8 Å². The molecule has 0 aromatic heterocycles.